The lowest BCUT2D eigenvalue weighted by Gasteiger charge is -2.22. The second-order valence-corrected chi connectivity index (χ2v) is 5.69. The van der Waals surface area contributed by atoms with Crippen molar-refractivity contribution in [2.75, 3.05) is 6.54 Å². The van der Waals surface area contributed by atoms with E-state index in [2.05, 4.69) is 5.16 Å². The van der Waals surface area contributed by atoms with Crippen molar-refractivity contribution in [3.8, 4) is 0 Å². The van der Waals surface area contributed by atoms with E-state index in [0.717, 1.165) is 12.1 Å². The molecule has 0 fully saturated rings. The molecule has 0 atom stereocenters. The highest BCUT2D eigenvalue weighted by Gasteiger charge is 2.20. The van der Waals surface area contributed by atoms with Crippen molar-refractivity contribution < 1.29 is 28.0 Å². The lowest BCUT2D eigenvalue weighted by atomic mass is 10.1. The Bertz CT molecular complexity index is 769. The highest BCUT2D eigenvalue weighted by Crippen LogP contribution is 2.16. The molecule has 0 saturated carbocycles. The maximum absolute atomic E-state index is 13.4. The van der Waals surface area contributed by atoms with E-state index in [4.69, 9.17) is 9.63 Å². The van der Waals surface area contributed by atoms with Gasteiger partial charge in [-0.3, -0.25) is 9.59 Å². The molecule has 25 heavy (non-hydrogen) atoms. The molecule has 1 amide bonds. The van der Waals surface area contributed by atoms with Gasteiger partial charge in [-0.1, -0.05) is 11.2 Å². The molecule has 0 bridgehead atoms. The first-order valence-corrected chi connectivity index (χ1v) is 7.63. The van der Waals surface area contributed by atoms with Crippen molar-refractivity contribution in [1.82, 2.24) is 10.1 Å². The second kappa shape index (κ2) is 7.87. The Morgan fingerprint density at radius 2 is 1.96 bits per heavy atom. The molecule has 1 aromatic carbocycles. The van der Waals surface area contributed by atoms with Gasteiger partial charge in [0.2, 0.25) is 5.91 Å². The van der Waals surface area contributed by atoms with Crippen LogP contribution in [-0.2, 0) is 22.6 Å². The van der Waals surface area contributed by atoms with E-state index in [0.29, 0.717) is 22.6 Å². The van der Waals surface area contributed by atoms with Gasteiger partial charge in [-0.15, -0.1) is 0 Å². The minimum Gasteiger partial charge on any atom is -0.481 e. The van der Waals surface area contributed by atoms with E-state index in [1.54, 1.807) is 13.8 Å². The van der Waals surface area contributed by atoms with Crippen LogP contribution in [0.2, 0.25) is 0 Å². The molecule has 134 valence electrons. The average Bonchev–Trinajstić information content (AvgIpc) is 2.86. The summed E-state index contributed by atoms with van der Waals surface area (Å²) in [5.41, 5.74) is 1.59. The van der Waals surface area contributed by atoms with Crippen LogP contribution in [0.3, 0.4) is 0 Å². The number of carbonyl (C=O) groups is 2. The predicted molar refractivity (Wildman–Crippen MR) is 83.7 cm³/mol. The number of hydrogen-bond acceptors (Lipinski definition) is 4. The number of rotatable bonds is 7. The van der Waals surface area contributed by atoms with Gasteiger partial charge in [0.15, 0.2) is 11.6 Å². The summed E-state index contributed by atoms with van der Waals surface area (Å²) in [6.07, 6.45) is -0.262. The maximum atomic E-state index is 13.4. The fourth-order valence-electron chi connectivity index (χ4n) is 2.40. The summed E-state index contributed by atoms with van der Waals surface area (Å²) in [6.45, 7) is 3.32. The van der Waals surface area contributed by atoms with Crippen LogP contribution in [0.25, 0.3) is 0 Å². The molecule has 1 aromatic heterocycles. The summed E-state index contributed by atoms with van der Waals surface area (Å²) in [5.74, 6) is -2.89. The molecule has 0 saturated heterocycles. The Morgan fingerprint density at radius 1 is 1.24 bits per heavy atom. The van der Waals surface area contributed by atoms with Crippen LogP contribution < -0.4 is 0 Å². The first-order chi connectivity index (χ1) is 11.8. The lowest BCUT2D eigenvalue weighted by Crippen LogP contribution is -2.34. The molecule has 2 rings (SSSR count). The third-order valence-corrected chi connectivity index (χ3v) is 3.81. The third-order valence-electron chi connectivity index (χ3n) is 3.81. The number of halogens is 2. The van der Waals surface area contributed by atoms with E-state index >= 15 is 0 Å². The number of hydrogen-bond donors (Lipinski definition) is 1. The van der Waals surface area contributed by atoms with Crippen LogP contribution in [0, 0.1) is 25.5 Å². The van der Waals surface area contributed by atoms with Gasteiger partial charge in [-0.25, -0.2) is 8.78 Å². The van der Waals surface area contributed by atoms with Crippen LogP contribution in [0.4, 0.5) is 8.78 Å². The van der Waals surface area contributed by atoms with Gasteiger partial charge >= 0.3 is 5.97 Å². The molecule has 0 unspecified atom stereocenters. The predicted octanol–water partition coefficient (Wildman–Crippen LogP) is 2.62. The molecule has 0 aliphatic rings. The van der Waals surface area contributed by atoms with Gasteiger partial charge in [-0.2, -0.15) is 0 Å². The summed E-state index contributed by atoms with van der Waals surface area (Å²) in [7, 11) is 0. The van der Waals surface area contributed by atoms with Gasteiger partial charge in [0.1, 0.15) is 5.76 Å². The van der Waals surface area contributed by atoms with Crippen molar-refractivity contribution in [3.05, 3.63) is 52.4 Å². The minimum atomic E-state index is -1.06. The smallest absolute Gasteiger partial charge is 0.305 e. The highest BCUT2D eigenvalue weighted by molar-refractivity contribution is 5.79. The molecule has 1 heterocycles. The van der Waals surface area contributed by atoms with E-state index in [1.807, 2.05) is 0 Å². The van der Waals surface area contributed by atoms with Crippen molar-refractivity contribution in [3.63, 3.8) is 0 Å². The number of carboxylic acids is 1. The topological polar surface area (TPSA) is 83.6 Å². The first kappa shape index (κ1) is 18.6. The van der Waals surface area contributed by atoms with Crippen molar-refractivity contribution in [1.29, 1.82) is 0 Å². The summed E-state index contributed by atoms with van der Waals surface area (Å²) >= 11 is 0. The van der Waals surface area contributed by atoms with Gasteiger partial charge in [-0.05, 0) is 31.5 Å². The Morgan fingerprint density at radius 3 is 2.52 bits per heavy atom. The van der Waals surface area contributed by atoms with E-state index < -0.39 is 17.6 Å². The van der Waals surface area contributed by atoms with Crippen molar-refractivity contribution >= 4 is 11.9 Å². The largest absolute Gasteiger partial charge is 0.481 e. The minimum absolute atomic E-state index is 0.00946. The molecule has 0 radical (unpaired) electrons. The number of nitrogens with zero attached hydrogens (tertiary/aromatic N) is 2. The first-order valence-electron chi connectivity index (χ1n) is 7.63. The molecule has 0 spiro atoms. The van der Waals surface area contributed by atoms with Gasteiger partial charge in [0, 0.05) is 18.7 Å². The molecule has 1 N–H and O–H groups in total. The van der Waals surface area contributed by atoms with Gasteiger partial charge in [0.25, 0.3) is 0 Å². The van der Waals surface area contributed by atoms with Crippen LogP contribution in [0.5, 0.6) is 0 Å². The molecule has 8 heteroatoms. The number of aliphatic carboxylic acids is 1. The van der Waals surface area contributed by atoms with Crippen LogP contribution in [0.1, 0.15) is 29.0 Å². The quantitative estimate of drug-likeness (QED) is 0.828. The van der Waals surface area contributed by atoms with E-state index in [-0.39, 0.29) is 31.8 Å². The zero-order valence-electron chi connectivity index (χ0n) is 13.9. The van der Waals surface area contributed by atoms with E-state index in [1.165, 1.54) is 11.0 Å². The third kappa shape index (κ3) is 4.85. The molecular formula is C17H18F2N2O4. The Kier molecular flexibility index (Phi) is 5.84. The van der Waals surface area contributed by atoms with E-state index in [9.17, 15) is 18.4 Å². The van der Waals surface area contributed by atoms with Crippen molar-refractivity contribution in [2.45, 2.75) is 33.2 Å². The fraction of sp³-hybridized carbons (Fsp3) is 0.353. The number of aromatic nitrogens is 1. The number of carboxylic acid groups (broad SMARTS) is 1. The standard InChI is InChI=1S/C17H18F2N2O4/c1-10-13(11(2)25-20-10)8-16(22)21(6-5-17(23)24)9-12-3-4-14(18)15(19)7-12/h3-4,7H,5-6,8-9H2,1-2H3,(H,23,24). The number of aryl methyl sites for hydroxylation is 2. The van der Waals surface area contributed by atoms with Crippen LogP contribution in [0.15, 0.2) is 22.7 Å². The maximum Gasteiger partial charge on any atom is 0.305 e. The normalized spacial score (nSPS) is 10.7. The highest BCUT2D eigenvalue weighted by atomic mass is 19.2. The summed E-state index contributed by atoms with van der Waals surface area (Å²) in [6, 6.07) is 3.32. The fourth-order valence-corrected chi connectivity index (χ4v) is 2.40. The average molecular weight is 352 g/mol. The molecule has 2 aromatic rings. The summed E-state index contributed by atoms with van der Waals surface area (Å²) in [4.78, 5) is 24.7. The van der Waals surface area contributed by atoms with Crippen molar-refractivity contribution in [2.24, 2.45) is 0 Å². The monoisotopic (exact) mass is 352 g/mol. The molecule has 0 aliphatic carbocycles. The molecule has 6 nitrogen and oxygen atoms in total. The van der Waals surface area contributed by atoms with Crippen LogP contribution >= 0.6 is 0 Å². The van der Waals surface area contributed by atoms with Gasteiger partial charge < -0.3 is 14.5 Å². The zero-order valence-corrected chi connectivity index (χ0v) is 13.9. The molecule has 0 aliphatic heterocycles. The lowest BCUT2D eigenvalue weighted by molar-refractivity contribution is -0.138. The zero-order chi connectivity index (χ0) is 18.6. The number of benzene rings is 1. The Hall–Kier alpha value is -2.77. The second-order valence-electron chi connectivity index (χ2n) is 5.69. The number of amides is 1. The Labute approximate surface area is 143 Å². The Balaban J connectivity index is 2.17. The summed E-state index contributed by atoms with van der Waals surface area (Å²) in [5, 5.41) is 12.6. The number of carbonyl (C=O) groups excluding carboxylic acids is 1. The van der Waals surface area contributed by atoms with Gasteiger partial charge in [0.05, 0.1) is 18.5 Å². The summed E-state index contributed by atoms with van der Waals surface area (Å²) < 4.78 is 31.4. The SMILES string of the molecule is Cc1noc(C)c1CC(=O)N(CCC(=O)O)Cc1ccc(F)c(F)c1. The van der Waals surface area contributed by atoms with Crippen LogP contribution in [-0.4, -0.2) is 33.6 Å². The molecular weight excluding hydrogens is 334 g/mol.